The Hall–Kier alpha value is -2.36. The number of hydrogen-bond donors (Lipinski definition) is 1. The molecule has 0 aliphatic rings. The summed E-state index contributed by atoms with van der Waals surface area (Å²) in [6.07, 6.45) is 45.4. The maximum Gasteiger partial charge on any atom is 0.306 e. The van der Waals surface area contributed by atoms with Crippen LogP contribution in [0.15, 0.2) is 60.8 Å². The van der Waals surface area contributed by atoms with E-state index in [0.29, 0.717) is 12.8 Å². The molecule has 4 heteroatoms. The third kappa shape index (κ3) is 32.2. The second-order valence-electron chi connectivity index (χ2n) is 11.3. The molecule has 0 heterocycles. The number of unbranched alkanes of at least 4 members (excludes halogenated alkanes) is 13. The van der Waals surface area contributed by atoms with Crippen molar-refractivity contribution in [3.05, 3.63) is 60.8 Å². The molecule has 0 saturated heterocycles. The van der Waals surface area contributed by atoms with E-state index >= 15 is 0 Å². The van der Waals surface area contributed by atoms with Gasteiger partial charge in [-0.05, 0) is 83.1 Å². The van der Waals surface area contributed by atoms with Crippen molar-refractivity contribution in [1.29, 1.82) is 0 Å². The van der Waals surface area contributed by atoms with E-state index in [1.165, 1.54) is 51.4 Å². The molecular weight excluding hydrogens is 520 g/mol. The molecule has 0 aromatic carbocycles. The van der Waals surface area contributed by atoms with Crippen LogP contribution in [0.3, 0.4) is 0 Å². The molecule has 0 aliphatic heterocycles. The van der Waals surface area contributed by atoms with Gasteiger partial charge in [-0.1, -0.05) is 126 Å². The summed E-state index contributed by atoms with van der Waals surface area (Å²) in [7, 11) is 0. The zero-order chi connectivity index (χ0) is 30.8. The highest BCUT2D eigenvalue weighted by Gasteiger charge is 2.11. The molecule has 240 valence electrons. The standard InChI is InChI=1S/C38H64O4/c1-3-5-7-9-11-12-13-14-15-16-17-18-19-20-21-22-23-25-31-35-38(41)42-36(32-28-24-10-8-6-4-2)33-29-26-27-30-34-37(39)40/h8,10-12,14-15,17-18,28,32,36H,3-7,9,13,16,19-27,29-31,33-35H2,1-2H3,(H,39,40)/b10-8-,12-11-,15-14-,18-17-,32-28-. The number of ether oxygens (including phenoxy) is 1. The van der Waals surface area contributed by atoms with Crippen LogP contribution in [0, 0.1) is 0 Å². The summed E-state index contributed by atoms with van der Waals surface area (Å²) in [5.41, 5.74) is 0. The van der Waals surface area contributed by atoms with Gasteiger partial charge in [0.15, 0.2) is 0 Å². The van der Waals surface area contributed by atoms with Crippen LogP contribution in [0.1, 0.15) is 162 Å². The van der Waals surface area contributed by atoms with E-state index in [9.17, 15) is 9.59 Å². The molecule has 0 fully saturated rings. The highest BCUT2D eigenvalue weighted by molar-refractivity contribution is 5.69. The van der Waals surface area contributed by atoms with Gasteiger partial charge in [0.2, 0.25) is 0 Å². The lowest BCUT2D eigenvalue weighted by molar-refractivity contribution is -0.147. The first kappa shape index (κ1) is 39.6. The number of esters is 1. The molecule has 1 unspecified atom stereocenters. The van der Waals surface area contributed by atoms with Gasteiger partial charge in [-0.25, -0.2) is 0 Å². The van der Waals surface area contributed by atoms with Crippen molar-refractivity contribution in [2.45, 2.75) is 168 Å². The van der Waals surface area contributed by atoms with Gasteiger partial charge in [-0.3, -0.25) is 9.59 Å². The van der Waals surface area contributed by atoms with Crippen molar-refractivity contribution < 1.29 is 19.4 Å². The third-order valence-corrected chi connectivity index (χ3v) is 7.18. The molecular formula is C38H64O4. The maximum atomic E-state index is 12.5. The molecule has 4 nitrogen and oxygen atoms in total. The number of carboxylic acid groups (broad SMARTS) is 1. The van der Waals surface area contributed by atoms with Crippen LogP contribution in [0.25, 0.3) is 0 Å². The Morgan fingerprint density at radius 1 is 0.548 bits per heavy atom. The molecule has 42 heavy (non-hydrogen) atoms. The first-order valence-corrected chi connectivity index (χ1v) is 17.3. The first-order chi connectivity index (χ1) is 20.6. The van der Waals surface area contributed by atoms with Gasteiger partial charge in [-0.2, -0.15) is 0 Å². The molecule has 0 rings (SSSR count). The molecule has 0 saturated carbocycles. The Morgan fingerprint density at radius 2 is 1.05 bits per heavy atom. The third-order valence-electron chi connectivity index (χ3n) is 7.18. The van der Waals surface area contributed by atoms with Gasteiger partial charge < -0.3 is 9.84 Å². The molecule has 0 aromatic heterocycles. The lowest BCUT2D eigenvalue weighted by Gasteiger charge is -2.14. The van der Waals surface area contributed by atoms with Crippen LogP contribution in [0.5, 0.6) is 0 Å². The molecule has 0 aliphatic carbocycles. The fourth-order valence-electron chi connectivity index (χ4n) is 4.62. The molecule has 0 bridgehead atoms. The fraction of sp³-hybridized carbons (Fsp3) is 0.684. The second kappa shape index (κ2) is 33.1. The van der Waals surface area contributed by atoms with Crippen LogP contribution in [0.2, 0.25) is 0 Å². The zero-order valence-electron chi connectivity index (χ0n) is 27.3. The highest BCUT2D eigenvalue weighted by Crippen LogP contribution is 2.14. The largest absolute Gasteiger partial charge is 0.481 e. The maximum absolute atomic E-state index is 12.5. The monoisotopic (exact) mass is 584 g/mol. The topological polar surface area (TPSA) is 63.6 Å². The van der Waals surface area contributed by atoms with E-state index in [4.69, 9.17) is 9.84 Å². The van der Waals surface area contributed by atoms with Crippen LogP contribution in [0.4, 0.5) is 0 Å². The van der Waals surface area contributed by atoms with Gasteiger partial charge in [0.05, 0.1) is 0 Å². The molecule has 1 atom stereocenters. The van der Waals surface area contributed by atoms with E-state index in [1.54, 1.807) is 0 Å². The lowest BCUT2D eigenvalue weighted by Crippen LogP contribution is -2.16. The van der Waals surface area contributed by atoms with E-state index < -0.39 is 5.97 Å². The van der Waals surface area contributed by atoms with E-state index in [1.807, 2.05) is 6.08 Å². The summed E-state index contributed by atoms with van der Waals surface area (Å²) in [4.78, 5) is 23.1. The summed E-state index contributed by atoms with van der Waals surface area (Å²) in [5.74, 6) is -0.830. The molecule has 0 aromatic rings. The number of carboxylic acids is 1. The SMILES string of the molecule is CCC/C=C\C/C=C\C(CCCCCCC(=O)O)OC(=O)CCCCCCCC/C=C\C/C=C\C/C=C\CCCCC. The van der Waals surface area contributed by atoms with E-state index in [0.717, 1.165) is 77.0 Å². The average Bonchev–Trinajstić information content (AvgIpc) is 2.97. The molecule has 0 spiro atoms. The van der Waals surface area contributed by atoms with Gasteiger partial charge in [0.25, 0.3) is 0 Å². The van der Waals surface area contributed by atoms with E-state index in [-0.39, 0.29) is 18.5 Å². The predicted molar refractivity (Wildman–Crippen MR) is 181 cm³/mol. The normalized spacial score (nSPS) is 13.0. The zero-order valence-corrected chi connectivity index (χ0v) is 27.3. The van der Waals surface area contributed by atoms with Gasteiger partial charge >= 0.3 is 11.9 Å². The summed E-state index contributed by atoms with van der Waals surface area (Å²) in [6.45, 7) is 4.41. The highest BCUT2D eigenvalue weighted by atomic mass is 16.5. The van der Waals surface area contributed by atoms with Crippen molar-refractivity contribution in [1.82, 2.24) is 0 Å². The second-order valence-corrected chi connectivity index (χ2v) is 11.3. The lowest BCUT2D eigenvalue weighted by atomic mass is 10.1. The quantitative estimate of drug-likeness (QED) is 0.0518. The number of aliphatic carboxylic acids is 1. The van der Waals surface area contributed by atoms with Crippen molar-refractivity contribution in [3.8, 4) is 0 Å². The van der Waals surface area contributed by atoms with Crippen molar-refractivity contribution in [2.75, 3.05) is 0 Å². The van der Waals surface area contributed by atoms with Gasteiger partial charge in [-0.15, -0.1) is 0 Å². The summed E-state index contributed by atoms with van der Waals surface area (Å²) in [5, 5.41) is 8.78. The molecule has 0 radical (unpaired) electrons. The minimum atomic E-state index is -0.732. The number of carbonyl (C=O) groups excluding carboxylic acids is 1. The van der Waals surface area contributed by atoms with Crippen LogP contribution in [-0.2, 0) is 14.3 Å². The minimum absolute atomic E-state index is 0.0979. The fourth-order valence-corrected chi connectivity index (χ4v) is 4.62. The van der Waals surface area contributed by atoms with Gasteiger partial charge in [0, 0.05) is 12.8 Å². The number of rotatable bonds is 30. The smallest absolute Gasteiger partial charge is 0.306 e. The van der Waals surface area contributed by atoms with Crippen molar-refractivity contribution in [3.63, 3.8) is 0 Å². The van der Waals surface area contributed by atoms with E-state index in [2.05, 4.69) is 68.5 Å². The molecule has 1 N–H and O–H groups in total. The van der Waals surface area contributed by atoms with Gasteiger partial charge in [0.1, 0.15) is 6.10 Å². The number of hydrogen-bond acceptors (Lipinski definition) is 3. The number of allylic oxidation sites excluding steroid dienone is 9. The Labute approximate surface area is 259 Å². The first-order valence-electron chi connectivity index (χ1n) is 17.3. The Bertz CT molecular complexity index is 759. The molecule has 0 amide bonds. The Balaban J connectivity index is 3.96. The predicted octanol–water partition coefficient (Wildman–Crippen LogP) is 11.8. The summed E-state index contributed by atoms with van der Waals surface area (Å²) >= 11 is 0. The van der Waals surface area contributed by atoms with Crippen LogP contribution in [-0.4, -0.2) is 23.1 Å². The van der Waals surface area contributed by atoms with Crippen LogP contribution >= 0.6 is 0 Å². The average molecular weight is 585 g/mol. The van der Waals surface area contributed by atoms with Crippen LogP contribution < -0.4 is 0 Å². The minimum Gasteiger partial charge on any atom is -0.481 e. The number of carbonyl (C=O) groups is 2. The Kier molecular flexibility index (Phi) is 31.3. The Morgan fingerprint density at radius 3 is 1.67 bits per heavy atom. The van der Waals surface area contributed by atoms with Crippen molar-refractivity contribution in [2.24, 2.45) is 0 Å². The summed E-state index contributed by atoms with van der Waals surface area (Å²) < 4.78 is 5.80. The van der Waals surface area contributed by atoms with Crippen molar-refractivity contribution >= 4 is 11.9 Å². The summed E-state index contributed by atoms with van der Waals surface area (Å²) in [6, 6.07) is 0.